The van der Waals surface area contributed by atoms with E-state index in [0.717, 1.165) is 49.0 Å². The SMILES string of the molecule is CCCCCOc1ccc(C2c3c(-c4cc(Cl)ccc4O)n[nH]c3C(=O)N2CCCC)cc1. The topological polar surface area (TPSA) is 78.5 Å². The molecule has 1 amide bonds. The molecular formula is C26H30ClN3O3. The van der Waals surface area contributed by atoms with Gasteiger partial charge in [0.25, 0.3) is 5.91 Å². The fraction of sp³-hybridized carbons (Fsp3) is 0.385. The molecule has 0 radical (unpaired) electrons. The first-order valence-corrected chi connectivity index (χ1v) is 12.0. The van der Waals surface area contributed by atoms with E-state index in [2.05, 4.69) is 24.0 Å². The van der Waals surface area contributed by atoms with Gasteiger partial charge in [0, 0.05) is 22.7 Å². The van der Waals surface area contributed by atoms with Crippen LogP contribution < -0.4 is 4.74 Å². The molecule has 0 saturated heterocycles. The van der Waals surface area contributed by atoms with Gasteiger partial charge in [-0.05, 0) is 48.7 Å². The van der Waals surface area contributed by atoms with E-state index in [0.29, 0.717) is 35.1 Å². The van der Waals surface area contributed by atoms with E-state index < -0.39 is 0 Å². The second-order valence-electron chi connectivity index (χ2n) is 8.40. The third kappa shape index (κ3) is 4.71. The summed E-state index contributed by atoms with van der Waals surface area (Å²) in [5, 5.41) is 18.3. The van der Waals surface area contributed by atoms with E-state index in [9.17, 15) is 9.90 Å². The number of unbranched alkanes of at least 4 members (excludes halogenated alkanes) is 3. The molecule has 2 heterocycles. The highest BCUT2D eigenvalue weighted by molar-refractivity contribution is 6.31. The number of hydrogen-bond donors (Lipinski definition) is 2. The van der Waals surface area contributed by atoms with Crippen LogP contribution in [0.15, 0.2) is 42.5 Å². The highest BCUT2D eigenvalue weighted by atomic mass is 35.5. The number of benzene rings is 2. The average Bonchev–Trinajstić information content (AvgIpc) is 3.36. The number of hydrogen-bond acceptors (Lipinski definition) is 4. The van der Waals surface area contributed by atoms with Crippen molar-refractivity contribution in [3.63, 3.8) is 0 Å². The summed E-state index contributed by atoms with van der Waals surface area (Å²) in [5.41, 5.74) is 3.26. The summed E-state index contributed by atoms with van der Waals surface area (Å²) in [6.45, 7) is 5.61. The van der Waals surface area contributed by atoms with E-state index in [-0.39, 0.29) is 17.7 Å². The fourth-order valence-corrected chi connectivity index (χ4v) is 4.47. The molecule has 0 bridgehead atoms. The molecule has 3 aromatic rings. The van der Waals surface area contributed by atoms with Crippen LogP contribution in [0.25, 0.3) is 11.3 Å². The summed E-state index contributed by atoms with van der Waals surface area (Å²) >= 11 is 6.20. The zero-order valence-corrected chi connectivity index (χ0v) is 19.9. The highest BCUT2D eigenvalue weighted by Gasteiger charge is 2.42. The Balaban J connectivity index is 1.71. The van der Waals surface area contributed by atoms with Gasteiger partial charge in [0.05, 0.1) is 12.6 Å². The fourth-order valence-electron chi connectivity index (χ4n) is 4.29. The molecule has 1 atom stereocenters. The third-order valence-electron chi connectivity index (χ3n) is 6.04. The number of carbonyl (C=O) groups excluding carboxylic acids is 1. The number of fused-ring (bicyclic) bond motifs is 1. The van der Waals surface area contributed by atoms with Gasteiger partial charge >= 0.3 is 0 Å². The number of nitrogens with one attached hydrogen (secondary N) is 1. The smallest absolute Gasteiger partial charge is 0.273 e. The molecule has 4 rings (SSSR count). The number of phenols is 1. The monoisotopic (exact) mass is 467 g/mol. The van der Waals surface area contributed by atoms with Crippen LogP contribution in [0.4, 0.5) is 0 Å². The molecule has 6 nitrogen and oxygen atoms in total. The van der Waals surface area contributed by atoms with Crippen molar-refractivity contribution >= 4 is 17.5 Å². The van der Waals surface area contributed by atoms with E-state index in [1.54, 1.807) is 18.2 Å². The lowest BCUT2D eigenvalue weighted by molar-refractivity contribution is 0.0741. The molecule has 1 unspecified atom stereocenters. The largest absolute Gasteiger partial charge is 0.507 e. The van der Waals surface area contributed by atoms with Gasteiger partial charge in [-0.2, -0.15) is 5.10 Å². The van der Waals surface area contributed by atoms with E-state index in [4.69, 9.17) is 16.3 Å². The average molecular weight is 468 g/mol. The Morgan fingerprint density at radius 1 is 1.09 bits per heavy atom. The minimum atomic E-state index is -0.305. The van der Waals surface area contributed by atoms with E-state index in [1.165, 1.54) is 0 Å². The van der Waals surface area contributed by atoms with Gasteiger partial charge in [-0.15, -0.1) is 0 Å². The van der Waals surface area contributed by atoms with Crippen LogP contribution >= 0.6 is 11.6 Å². The standard InChI is InChI=1S/C26H30ClN3O3/c1-3-5-7-15-33-19-11-8-17(9-12-19)25-22-23(20-16-18(27)10-13-21(20)31)28-29-24(22)26(32)30(25)14-6-4-2/h8-13,16,25,31H,3-7,14-15H2,1-2H3,(H,28,29). The number of rotatable bonds is 10. The minimum absolute atomic E-state index is 0.0720. The second-order valence-corrected chi connectivity index (χ2v) is 8.84. The lowest BCUT2D eigenvalue weighted by Crippen LogP contribution is -2.30. The van der Waals surface area contributed by atoms with Crippen LogP contribution in [0.5, 0.6) is 11.5 Å². The lowest BCUT2D eigenvalue weighted by Gasteiger charge is -2.26. The van der Waals surface area contributed by atoms with Crippen LogP contribution in [-0.2, 0) is 0 Å². The molecular weight excluding hydrogens is 438 g/mol. The summed E-state index contributed by atoms with van der Waals surface area (Å²) in [6.07, 6.45) is 5.22. The molecule has 1 aromatic heterocycles. The summed E-state index contributed by atoms with van der Waals surface area (Å²) < 4.78 is 5.87. The van der Waals surface area contributed by atoms with Gasteiger partial charge < -0.3 is 14.7 Å². The van der Waals surface area contributed by atoms with Gasteiger partial charge in [-0.3, -0.25) is 9.89 Å². The van der Waals surface area contributed by atoms with Crippen LogP contribution in [-0.4, -0.2) is 39.3 Å². The first kappa shape index (κ1) is 23.2. The maximum absolute atomic E-state index is 13.3. The number of H-pyrrole nitrogens is 1. The quantitative estimate of drug-likeness (QED) is 0.340. The summed E-state index contributed by atoms with van der Waals surface area (Å²) in [6, 6.07) is 12.5. The number of aromatic hydroxyl groups is 1. The highest BCUT2D eigenvalue weighted by Crippen LogP contribution is 2.45. The molecule has 0 spiro atoms. The van der Waals surface area contributed by atoms with Crippen molar-refractivity contribution in [2.75, 3.05) is 13.2 Å². The van der Waals surface area contributed by atoms with E-state index >= 15 is 0 Å². The second kappa shape index (κ2) is 10.3. The molecule has 1 aliphatic heterocycles. The van der Waals surface area contributed by atoms with Crippen molar-refractivity contribution in [2.24, 2.45) is 0 Å². The summed E-state index contributed by atoms with van der Waals surface area (Å²) in [5.74, 6) is 0.811. The van der Waals surface area contributed by atoms with Crippen molar-refractivity contribution < 1.29 is 14.6 Å². The first-order chi connectivity index (χ1) is 16.0. The van der Waals surface area contributed by atoms with Crippen LogP contribution in [0.2, 0.25) is 5.02 Å². The number of aromatic nitrogens is 2. The zero-order chi connectivity index (χ0) is 23.4. The molecule has 174 valence electrons. The first-order valence-electron chi connectivity index (χ1n) is 11.7. The number of ether oxygens (including phenoxy) is 1. The van der Waals surface area contributed by atoms with Gasteiger partial charge in [-0.25, -0.2) is 0 Å². The lowest BCUT2D eigenvalue weighted by atomic mass is 9.95. The van der Waals surface area contributed by atoms with Crippen molar-refractivity contribution in [1.29, 1.82) is 0 Å². The maximum Gasteiger partial charge on any atom is 0.273 e. The number of amides is 1. The van der Waals surface area contributed by atoms with Gasteiger partial charge in [0.15, 0.2) is 0 Å². The summed E-state index contributed by atoms with van der Waals surface area (Å²) in [7, 11) is 0. The number of nitrogens with zero attached hydrogens (tertiary/aromatic N) is 2. The molecule has 2 N–H and O–H groups in total. The van der Waals surface area contributed by atoms with Crippen LogP contribution in [0.3, 0.4) is 0 Å². The molecule has 7 heteroatoms. The maximum atomic E-state index is 13.3. The molecule has 0 aliphatic carbocycles. The van der Waals surface area contributed by atoms with Crippen molar-refractivity contribution in [3.8, 4) is 22.8 Å². The Morgan fingerprint density at radius 3 is 2.58 bits per heavy atom. The zero-order valence-electron chi connectivity index (χ0n) is 19.1. The Morgan fingerprint density at radius 2 is 1.85 bits per heavy atom. The Kier molecular flexibility index (Phi) is 7.23. The van der Waals surface area contributed by atoms with Crippen molar-refractivity contribution in [3.05, 3.63) is 64.3 Å². The van der Waals surface area contributed by atoms with Crippen molar-refractivity contribution in [1.82, 2.24) is 15.1 Å². The van der Waals surface area contributed by atoms with Crippen LogP contribution in [0, 0.1) is 0 Å². The molecule has 0 saturated carbocycles. The van der Waals surface area contributed by atoms with Gasteiger partial charge in [0.1, 0.15) is 22.9 Å². The third-order valence-corrected chi connectivity index (χ3v) is 6.28. The van der Waals surface area contributed by atoms with Crippen LogP contribution in [0.1, 0.15) is 73.6 Å². The van der Waals surface area contributed by atoms with Crippen molar-refractivity contribution in [2.45, 2.75) is 52.0 Å². The van der Waals surface area contributed by atoms with E-state index in [1.807, 2.05) is 29.2 Å². The normalized spacial score (nSPS) is 15.2. The molecule has 2 aromatic carbocycles. The Bertz CT molecular complexity index is 1110. The van der Waals surface area contributed by atoms with Gasteiger partial charge in [0.2, 0.25) is 0 Å². The predicted octanol–water partition coefficient (Wildman–Crippen LogP) is 6.35. The predicted molar refractivity (Wildman–Crippen MR) is 130 cm³/mol. The Labute approximate surface area is 199 Å². The number of phenolic OH excluding ortho intramolecular Hbond substituents is 1. The molecule has 0 fully saturated rings. The number of carbonyl (C=O) groups is 1. The molecule has 1 aliphatic rings. The minimum Gasteiger partial charge on any atom is -0.507 e. The number of aromatic amines is 1. The summed E-state index contributed by atoms with van der Waals surface area (Å²) in [4.78, 5) is 15.2. The number of halogens is 1. The molecule has 33 heavy (non-hydrogen) atoms. The van der Waals surface area contributed by atoms with Gasteiger partial charge in [-0.1, -0.05) is 56.8 Å². The Hall–Kier alpha value is -2.99.